The van der Waals surface area contributed by atoms with Crippen LogP contribution in [0.15, 0.2) is 0 Å². The summed E-state index contributed by atoms with van der Waals surface area (Å²) in [5.41, 5.74) is -0.246. The van der Waals surface area contributed by atoms with Gasteiger partial charge in [-0.05, 0) is 25.2 Å². The van der Waals surface area contributed by atoms with Crippen LogP contribution in [0.5, 0.6) is 0 Å². The van der Waals surface area contributed by atoms with E-state index in [1.54, 1.807) is 0 Å². The van der Waals surface area contributed by atoms with Crippen molar-refractivity contribution in [3.05, 3.63) is 0 Å². The molecule has 0 aromatic heterocycles. The molecule has 0 radical (unpaired) electrons. The molecule has 80 valence electrons. The van der Waals surface area contributed by atoms with E-state index in [-0.39, 0.29) is 17.9 Å². The predicted octanol–water partition coefficient (Wildman–Crippen LogP) is 1.01. The fraction of sp³-hybridized carbons (Fsp3) is 0.800. The number of amides is 1. The fourth-order valence-corrected chi connectivity index (χ4v) is 1.80. The highest BCUT2D eigenvalue weighted by atomic mass is 16.4. The van der Waals surface area contributed by atoms with E-state index in [1.165, 1.54) is 0 Å². The van der Waals surface area contributed by atoms with Crippen LogP contribution in [0, 0.1) is 11.3 Å². The van der Waals surface area contributed by atoms with Gasteiger partial charge in [-0.15, -0.1) is 0 Å². The molecule has 0 aromatic rings. The van der Waals surface area contributed by atoms with Crippen molar-refractivity contribution in [2.75, 3.05) is 6.54 Å². The van der Waals surface area contributed by atoms with Gasteiger partial charge in [0.25, 0.3) is 0 Å². The largest absolute Gasteiger partial charge is 0.480 e. The Bertz CT molecular complexity index is 244. The molecular formula is C10H17NO3. The molecule has 1 aliphatic rings. The second-order valence-electron chi connectivity index (χ2n) is 4.45. The number of aliphatic carboxylic acids is 1. The maximum atomic E-state index is 11.6. The summed E-state index contributed by atoms with van der Waals surface area (Å²) in [7, 11) is 0. The van der Waals surface area contributed by atoms with Gasteiger partial charge in [0.05, 0.1) is 0 Å². The maximum Gasteiger partial charge on any atom is 0.322 e. The van der Waals surface area contributed by atoms with E-state index in [1.807, 2.05) is 0 Å². The molecule has 0 spiro atoms. The minimum Gasteiger partial charge on any atom is -0.480 e. The van der Waals surface area contributed by atoms with Crippen LogP contribution in [0.2, 0.25) is 0 Å². The number of carboxylic acid groups (broad SMARTS) is 1. The number of hydrogen-bond donors (Lipinski definition) is 2. The Labute approximate surface area is 83.7 Å². The molecule has 0 aliphatic heterocycles. The lowest BCUT2D eigenvalue weighted by Crippen LogP contribution is -2.36. The highest BCUT2D eigenvalue weighted by molar-refractivity contribution is 5.87. The topological polar surface area (TPSA) is 66.4 Å². The second-order valence-corrected chi connectivity index (χ2v) is 4.45. The van der Waals surface area contributed by atoms with Crippen molar-refractivity contribution in [2.45, 2.75) is 33.1 Å². The normalized spacial score (nSPS) is 17.9. The summed E-state index contributed by atoms with van der Waals surface area (Å²) in [6, 6.07) is 0. The van der Waals surface area contributed by atoms with E-state index in [2.05, 4.69) is 19.2 Å². The van der Waals surface area contributed by atoms with Gasteiger partial charge in [-0.2, -0.15) is 0 Å². The summed E-state index contributed by atoms with van der Waals surface area (Å²) in [5, 5.41) is 10.9. The van der Waals surface area contributed by atoms with Crippen molar-refractivity contribution in [3.8, 4) is 0 Å². The molecule has 0 heterocycles. The van der Waals surface area contributed by atoms with Crippen molar-refractivity contribution in [3.63, 3.8) is 0 Å². The van der Waals surface area contributed by atoms with Crippen molar-refractivity contribution in [2.24, 2.45) is 11.3 Å². The van der Waals surface area contributed by atoms with Crippen LogP contribution in [0.1, 0.15) is 33.1 Å². The van der Waals surface area contributed by atoms with Crippen molar-refractivity contribution in [1.82, 2.24) is 5.32 Å². The summed E-state index contributed by atoms with van der Waals surface area (Å²) in [4.78, 5) is 21.9. The molecule has 1 fully saturated rings. The number of nitrogens with one attached hydrogen (secondary N) is 1. The molecular weight excluding hydrogens is 182 g/mol. The van der Waals surface area contributed by atoms with E-state index in [9.17, 15) is 9.59 Å². The van der Waals surface area contributed by atoms with Gasteiger partial charge in [0.15, 0.2) is 0 Å². The van der Waals surface area contributed by atoms with Crippen molar-refractivity contribution < 1.29 is 14.7 Å². The minimum atomic E-state index is -0.987. The molecule has 1 aliphatic carbocycles. The van der Waals surface area contributed by atoms with Crippen LogP contribution >= 0.6 is 0 Å². The molecule has 0 aromatic carbocycles. The number of carbonyl (C=O) groups excluding carboxylic acids is 1. The van der Waals surface area contributed by atoms with E-state index in [0.29, 0.717) is 5.92 Å². The molecule has 0 saturated heterocycles. The van der Waals surface area contributed by atoms with Gasteiger partial charge in [-0.25, -0.2) is 0 Å². The van der Waals surface area contributed by atoms with Gasteiger partial charge in [0, 0.05) is 5.41 Å². The average Bonchev–Trinajstić information content (AvgIpc) is 2.80. The monoisotopic (exact) mass is 199 g/mol. The third-order valence-electron chi connectivity index (χ3n) is 2.53. The molecule has 0 unspecified atom stereocenters. The number of rotatable bonds is 5. The minimum absolute atomic E-state index is 0.0893. The smallest absolute Gasteiger partial charge is 0.322 e. The third kappa shape index (κ3) is 2.72. The maximum absolute atomic E-state index is 11.6. The Morgan fingerprint density at radius 3 is 2.36 bits per heavy atom. The SMILES string of the molecule is CC(C)CC1(C(=O)NCC(=O)O)CC1. The highest BCUT2D eigenvalue weighted by Gasteiger charge is 2.49. The summed E-state index contributed by atoms with van der Waals surface area (Å²) >= 11 is 0. The first-order valence-corrected chi connectivity index (χ1v) is 4.96. The number of carboxylic acids is 1. The van der Waals surface area contributed by atoms with Gasteiger partial charge in [0.2, 0.25) is 5.91 Å². The number of hydrogen-bond acceptors (Lipinski definition) is 2. The van der Waals surface area contributed by atoms with Gasteiger partial charge in [0.1, 0.15) is 6.54 Å². The van der Waals surface area contributed by atoms with Crippen LogP contribution in [-0.2, 0) is 9.59 Å². The van der Waals surface area contributed by atoms with Gasteiger partial charge in [-0.1, -0.05) is 13.8 Å². The van der Waals surface area contributed by atoms with E-state index < -0.39 is 5.97 Å². The summed E-state index contributed by atoms with van der Waals surface area (Å²) in [6.07, 6.45) is 2.66. The van der Waals surface area contributed by atoms with Crippen LogP contribution in [0.3, 0.4) is 0 Å². The molecule has 4 nitrogen and oxygen atoms in total. The molecule has 0 atom stereocenters. The third-order valence-corrected chi connectivity index (χ3v) is 2.53. The van der Waals surface area contributed by atoms with Crippen molar-refractivity contribution in [1.29, 1.82) is 0 Å². The molecule has 1 rings (SSSR count). The molecule has 14 heavy (non-hydrogen) atoms. The lowest BCUT2D eigenvalue weighted by molar-refractivity contribution is -0.139. The van der Waals surface area contributed by atoms with E-state index >= 15 is 0 Å². The lowest BCUT2D eigenvalue weighted by Gasteiger charge is -2.16. The molecule has 1 amide bonds. The summed E-state index contributed by atoms with van der Waals surface area (Å²) in [5.74, 6) is -0.597. The highest BCUT2D eigenvalue weighted by Crippen LogP contribution is 2.50. The van der Waals surface area contributed by atoms with Gasteiger partial charge in [-0.3, -0.25) is 9.59 Å². The van der Waals surface area contributed by atoms with E-state index in [0.717, 1.165) is 19.3 Å². The first kappa shape index (κ1) is 11.0. The Balaban J connectivity index is 2.40. The fourth-order valence-electron chi connectivity index (χ4n) is 1.80. The first-order chi connectivity index (χ1) is 6.46. The Morgan fingerprint density at radius 2 is 2.00 bits per heavy atom. The Kier molecular flexibility index (Phi) is 3.13. The van der Waals surface area contributed by atoms with Gasteiger partial charge >= 0.3 is 5.97 Å². The average molecular weight is 199 g/mol. The van der Waals surface area contributed by atoms with Crippen LogP contribution in [0.25, 0.3) is 0 Å². The lowest BCUT2D eigenvalue weighted by atomic mass is 9.93. The first-order valence-electron chi connectivity index (χ1n) is 4.96. The standard InChI is InChI=1S/C10H17NO3/c1-7(2)5-10(3-4-10)9(14)11-6-8(12)13/h7H,3-6H2,1-2H3,(H,11,14)(H,12,13). The zero-order chi connectivity index (χ0) is 10.8. The Hall–Kier alpha value is -1.06. The number of carbonyl (C=O) groups is 2. The molecule has 1 saturated carbocycles. The van der Waals surface area contributed by atoms with Crippen LogP contribution < -0.4 is 5.32 Å². The second kappa shape index (κ2) is 3.98. The summed E-state index contributed by atoms with van der Waals surface area (Å²) < 4.78 is 0. The zero-order valence-corrected chi connectivity index (χ0v) is 8.67. The zero-order valence-electron chi connectivity index (χ0n) is 8.67. The van der Waals surface area contributed by atoms with Crippen LogP contribution in [-0.4, -0.2) is 23.5 Å². The van der Waals surface area contributed by atoms with Crippen molar-refractivity contribution >= 4 is 11.9 Å². The Morgan fingerprint density at radius 1 is 1.43 bits per heavy atom. The van der Waals surface area contributed by atoms with Gasteiger partial charge < -0.3 is 10.4 Å². The molecule has 2 N–H and O–H groups in total. The van der Waals surface area contributed by atoms with E-state index in [4.69, 9.17) is 5.11 Å². The van der Waals surface area contributed by atoms with Crippen LogP contribution in [0.4, 0.5) is 0 Å². The quantitative estimate of drug-likeness (QED) is 0.694. The predicted molar refractivity (Wildman–Crippen MR) is 51.8 cm³/mol. The summed E-state index contributed by atoms with van der Waals surface area (Å²) in [6.45, 7) is 3.88. The molecule has 4 heteroatoms. The molecule has 0 bridgehead atoms.